The molecular formula is C18H18N2O3. The van der Waals surface area contributed by atoms with Crippen LogP contribution in [0.4, 0.5) is 0 Å². The smallest absolute Gasteiger partial charge is 0.246 e. The van der Waals surface area contributed by atoms with E-state index < -0.39 is 0 Å². The molecule has 2 aromatic rings. The van der Waals surface area contributed by atoms with Crippen LogP contribution < -0.4 is 9.47 Å². The summed E-state index contributed by atoms with van der Waals surface area (Å²) in [5.74, 6) is 1.51. The molecule has 1 aromatic heterocycles. The maximum atomic E-state index is 12.1. The lowest BCUT2D eigenvalue weighted by Gasteiger charge is -2.15. The number of likely N-dealkylation sites (N-methyl/N-ethyl adjacent to an activating group) is 1. The van der Waals surface area contributed by atoms with E-state index in [1.807, 2.05) is 30.3 Å². The first-order valence-corrected chi connectivity index (χ1v) is 7.44. The maximum absolute atomic E-state index is 12.1. The van der Waals surface area contributed by atoms with Gasteiger partial charge in [0.05, 0.1) is 0 Å². The lowest BCUT2D eigenvalue weighted by atomic mass is 10.1. The van der Waals surface area contributed by atoms with Gasteiger partial charge in [0.25, 0.3) is 0 Å². The number of carbonyl (C=O) groups excluding carboxylic acids is 1. The van der Waals surface area contributed by atoms with Gasteiger partial charge in [-0.3, -0.25) is 9.78 Å². The number of fused-ring (bicyclic) bond motifs is 1. The maximum Gasteiger partial charge on any atom is 0.246 e. The van der Waals surface area contributed by atoms with Crippen molar-refractivity contribution < 1.29 is 14.3 Å². The van der Waals surface area contributed by atoms with Crippen molar-refractivity contribution in [2.24, 2.45) is 0 Å². The molecule has 0 bridgehead atoms. The molecule has 2 heterocycles. The Balaban J connectivity index is 1.53. The Morgan fingerprint density at radius 3 is 3.00 bits per heavy atom. The molecule has 0 spiro atoms. The number of hydrogen-bond donors (Lipinski definition) is 0. The number of carbonyl (C=O) groups is 1. The third-order valence-corrected chi connectivity index (χ3v) is 3.65. The molecule has 0 fully saturated rings. The summed E-state index contributed by atoms with van der Waals surface area (Å²) >= 11 is 0. The lowest BCUT2D eigenvalue weighted by molar-refractivity contribution is -0.124. The number of pyridine rings is 1. The van der Waals surface area contributed by atoms with E-state index in [0.29, 0.717) is 6.54 Å². The topological polar surface area (TPSA) is 51.7 Å². The second-order valence-electron chi connectivity index (χ2n) is 5.32. The van der Waals surface area contributed by atoms with E-state index in [0.717, 1.165) is 29.0 Å². The molecule has 0 N–H and O–H groups in total. The molecule has 0 saturated carbocycles. The highest BCUT2D eigenvalue weighted by atomic mass is 16.7. The largest absolute Gasteiger partial charge is 0.454 e. The second kappa shape index (κ2) is 6.96. The van der Waals surface area contributed by atoms with Gasteiger partial charge in [0.2, 0.25) is 12.7 Å². The van der Waals surface area contributed by atoms with Crippen molar-refractivity contribution in [1.29, 1.82) is 0 Å². The molecule has 1 aliphatic heterocycles. The summed E-state index contributed by atoms with van der Waals surface area (Å²) in [5, 5.41) is 0. The van der Waals surface area contributed by atoms with Gasteiger partial charge in [-0.15, -0.1) is 0 Å². The third kappa shape index (κ3) is 3.88. The number of hydrogen-bond acceptors (Lipinski definition) is 4. The molecule has 118 valence electrons. The average Bonchev–Trinajstić information content (AvgIpc) is 3.06. The van der Waals surface area contributed by atoms with Crippen molar-refractivity contribution >= 4 is 12.0 Å². The lowest BCUT2D eigenvalue weighted by Crippen LogP contribution is -2.27. The minimum absolute atomic E-state index is 0.0328. The van der Waals surface area contributed by atoms with E-state index in [9.17, 15) is 4.79 Å². The fourth-order valence-corrected chi connectivity index (χ4v) is 2.27. The molecule has 3 rings (SSSR count). The standard InChI is InChI=1S/C18H18N2O3/c1-20(18(21)7-5-15-3-2-9-19-12-15)10-8-14-4-6-16-17(11-14)23-13-22-16/h2-7,9,11-12H,8,10,13H2,1H3. The van der Waals surface area contributed by atoms with Gasteiger partial charge in [-0.1, -0.05) is 12.1 Å². The molecule has 0 radical (unpaired) electrons. The van der Waals surface area contributed by atoms with Crippen LogP contribution in [0, 0.1) is 0 Å². The third-order valence-electron chi connectivity index (χ3n) is 3.65. The summed E-state index contributed by atoms with van der Waals surface area (Å²) in [6.07, 6.45) is 7.52. The van der Waals surface area contributed by atoms with Crippen LogP contribution in [0.15, 0.2) is 48.8 Å². The molecule has 0 aliphatic carbocycles. The Morgan fingerprint density at radius 1 is 1.30 bits per heavy atom. The molecule has 1 amide bonds. The van der Waals surface area contributed by atoms with Crippen LogP contribution in [0.5, 0.6) is 11.5 Å². The Kier molecular flexibility index (Phi) is 4.57. The Hall–Kier alpha value is -2.82. The summed E-state index contributed by atoms with van der Waals surface area (Å²) in [7, 11) is 1.79. The van der Waals surface area contributed by atoms with E-state index in [2.05, 4.69) is 4.98 Å². The van der Waals surface area contributed by atoms with Crippen LogP contribution in [0.2, 0.25) is 0 Å². The summed E-state index contributed by atoms with van der Waals surface area (Å²) < 4.78 is 10.7. The van der Waals surface area contributed by atoms with Crippen molar-refractivity contribution in [2.45, 2.75) is 6.42 Å². The molecule has 0 saturated heterocycles. The molecule has 0 unspecified atom stereocenters. The van der Waals surface area contributed by atoms with E-state index in [1.165, 1.54) is 0 Å². The van der Waals surface area contributed by atoms with Crippen LogP contribution in [-0.4, -0.2) is 36.2 Å². The van der Waals surface area contributed by atoms with Crippen LogP contribution >= 0.6 is 0 Å². The number of aromatic nitrogens is 1. The zero-order valence-electron chi connectivity index (χ0n) is 12.9. The van der Waals surface area contributed by atoms with Gasteiger partial charge in [0.1, 0.15) is 0 Å². The molecule has 1 aliphatic rings. The Labute approximate surface area is 135 Å². The van der Waals surface area contributed by atoms with Gasteiger partial charge < -0.3 is 14.4 Å². The van der Waals surface area contributed by atoms with Crippen molar-refractivity contribution in [3.8, 4) is 11.5 Å². The summed E-state index contributed by atoms with van der Waals surface area (Å²) in [6, 6.07) is 9.61. The zero-order chi connectivity index (χ0) is 16.1. The van der Waals surface area contributed by atoms with E-state index >= 15 is 0 Å². The number of rotatable bonds is 5. The average molecular weight is 310 g/mol. The summed E-state index contributed by atoms with van der Waals surface area (Å²) in [5.41, 5.74) is 2.02. The first kappa shape index (κ1) is 15.1. The van der Waals surface area contributed by atoms with E-state index in [4.69, 9.17) is 9.47 Å². The number of ether oxygens (including phenoxy) is 2. The minimum atomic E-state index is -0.0328. The van der Waals surface area contributed by atoms with E-state index in [1.54, 1.807) is 36.5 Å². The first-order valence-electron chi connectivity index (χ1n) is 7.44. The van der Waals surface area contributed by atoms with Crippen molar-refractivity contribution in [3.63, 3.8) is 0 Å². The van der Waals surface area contributed by atoms with Crippen molar-refractivity contribution in [1.82, 2.24) is 9.88 Å². The highest BCUT2D eigenvalue weighted by molar-refractivity contribution is 5.91. The predicted octanol–water partition coefficient (Wildman–Crippen LogP) is 2.52. The Morgan fingerprint density at radius 2 is 2.17 bits per heavy atom. The van der Waals surface area contributed by atoms with E-state index in [-0.39, 0.29) is 12.7 Å². The molecule has 23 heavy (non-hydrogen) atoms. The SMILES string of the molecule is CN(CCc1ccc2c(c1)OCO2)C(=O)C=Cc1cccnc1. The zero-order valence-corrected chi connectivity index (χ0v) is 12.9. The van der Waals surface area contributed by atoms with Crippen molar-refractivity contribution in [2.75, 3.05) is 20.4 Å². The monoisotopic (exact) mass is 310 g/mol. The fourth-order valence-electron chi connectivity index (χ4n) is 2.27. The number of benzene rings is 1. The van der Waals surface area contributed by atoms with Gasteiger partial charge in [0.15, 0.2) is 11.5 Å². The molecule has 1 aromatic carbocycles. The highest BCUT2D eigenvalue weighted by Gasteiger charge is 2.13. The van der Waals surface area contributed by atoms with Crippen LogP contribution in [-0.2, 0) is 11.2 Å². The van der Waals surface area contributed by atoms with Gasteiger partial charge in [-0.2, -0.15) is 0 Å². The van der Waals surface area contributed by atoms with Crippen LogP contribution in [0.3, 0.4) is 0 Å². The van der Waals surface area contributed by atoms with Gasteiger partial charge in [0, 0.05) is 32.1 Å². The molecule has 5 nitrogen and oxygen atoms in total. The summed E-state index contributed by atoms with van der Waals surface area (Å²) in [6.45, 7) is 0.909. The summed E-state index contributed by atoms with van der Waals surface area (Å²) in [4.78, 5) is 17.8. The Bertz CT molecular complexity index is 713. The normalized spacial score (nSPS) is 12.6. The second-order valence-corrected chi connectivity index (χ2v) is 5.32. The van der Waals surface area contributed by atoms with Crippen LogP contribution in [0.25, 0.3) is 6.08 Å². The highest BCUT2D eigenvalue weighted by Crippen LogP contribution is 2.32. The minimum Gasteiger partial charge on any atom is -0.454 e. The molecule has 0 atom stereocenters. The fraction of sp³-hybridized carbons (Fsp3) is 0.222. The quantitative estimate of drug-likeness (QED) is 0.796. The van der Waals surface area contributed by atoms with Crippen molar-refractivity contribution in [3.05, 3.63) is 59.9 Å². The van der Waals surface area contributed by atoms with Gasteiger partial charge >= 0.3 is 0 Å². The number of nitrogens with zero attached hydrogens (tertiary/aromatic N) is 2. The predicted molar refractivity (Wildman–Crippen MR) is 87.2 cm³/mol. The van der Waals surface area contributed by atoms with Gasteiger partial charge in [-0.25, -0.2) is 0 Å². The van der Waals surface area contributed by atoms with Crippen LogP contribution in [0.1, 0.15) is 11.1 Å². The molecule has 5 heteroatoms. The first-order chi connectivity index (χ1) is 11.2. The number of amides is 1. The molecular weight excluding hydrogens is 292 g/mol. The van der Waals surface area contributed by atoms with Gasteiger partial charge in [-0.05, 0) is 41.8 Å².